The molecule has 0 aromatic heterocycles. The van der Waals surface area contributed by atoms with Crippen LogP contribution in [0.1, 0.15) is 29.8 Å². The molecule has 2 rings (SSSR count). The number of halogens is 1. The minimum absolute atomic E-state index is 0.00342. The second-order valence-electron chi connectivity index (χ2n) is 5.41. The molecule has 4 nitrogen and oxygen atoms in total. The van der Waals surface area contributed by atoms with Crippen molar-refractivity contribution in [2.75, 3.05) is 13.2 Å². The highest BCUT2D eigenvalue weighted by Crippen LogP contribution is 2.15. The minimum Gasteiger partial charge on any atom is -0.484 e. The van der Waals surface area contributed by atoms with Gasteiger partial charge >= 0.3 is 0 Å². The Morgan fingerprint density at radius 1 is 1.12 bits per heavy atom. The summed E-state index contributed by atoms with van der Waals surface area (Å²) in [6.45, 7) is 4.45. The third-order valence-electron chi connectivity index (χ3n) is 3.62. The average molecular weight is 346 g/mol. The topological polar surface area (TPSA) is 46.6 Å². The van der Waals surface area contributed by atoms with Gasteiger partial charge in [-0.05, 0) is 55.8 Å². The predicted molar refractivity (Wildman–Crippen MR) is 94.5 cm³/mol. The number of likely N-dealkylation sites (N-methyl/N-ethyl adjacent to an activating group) is 1. The van der Waals surface area contributed by atoms with Gasteiger partial charge in [0.25, 0.3) is 5.91 Å². The van der Waals surface area contributed by atoms with Crippen LogP contribution in [0.25, 0.3) is 0 Å². The van der Waals surface area contributed by atoms with Crippen LogP contribution in [0, 0.1) is 0 Å². The highest BCUT2D eigenvalue weighted by molar-refractivity contribution is 6.30. The molecule has 0 aliphatic carbocycles. The number of ketones is 1. The number of carbonyl (C=O) groups is 2. The summed E-state index contributed by atoms with van der Waals surface area (Å²) in [5, 5.41) is 0.651. The maximum atomic E-state index is 12.3. The molecule has 1 amide bonds. The molecule has 0 atom stereocenters. The number of rotatable bonds is 7. The smallest absolute Gasteiger partial charge is 0.260 e. The maximum absolute atomic E-state index is 12.3. The summed E-state index contributed by atoms with van der Waals surface area (Å²) in [7, 11) is 0. The van der Waals surface area contributed by atoms with Crippen LogP contribution >= 0.6 is 11.6 Å². The van der Waals surface area contributed by atoms with E-state index in [0.29, 0.717) is 29.4 Å². The lowest BCUT2D eigenvalue weighted by Crippen LogP contribution is -2.34. The summed E-state index contributed by atoms with van der Waals surface area (Å²) in [6.07, 6.45) is 0. The zero-order chi connectivity index (χ0) is 17.5. The van der Waals surface area contributed by atoms with Gasteiger partial charge in [-0.15, -0.1) is 0 Å². The fraction of sp³-hybridized carbons (Fsp3) is 0.263. The van der Waals surface area contributed by atoms with Crippen LogP contribution in [0.5, 0.6) is 5.75 Å². The van der Waals surface area contributed by atoms with Crippen LogP contribution in [0.4, 0.5) is 0 Å². The molecule has 126 valence electrons. The van der Waals surface area contributed by atoms with Gasteiger partial charge in [0, 0.05) is 23.7 Å². The Morgan fingerprint density at radius 2 is 1.83 bits per heavy atom. The van der Waals surface area contributed by atoms with Gasteiger partial charge in [0.15, 0.2) is 12.4 Å². The van der Waals surface area contributed by atoms with Crippen molar-refractivity contribution >= 4 is 23.3 Å². The molecular formula is C19H20ClNO3. The van der Waals surface area contributed by atoms with Crippen molar-refractivity contribution in [1.82, 2.24) is 4.90 Å². The van der Waals surface area contributed by atoms with Gasteiger partial charge in [-0.25, -0.2) is 0 Å². The van der Waals surface area contributed by atoms with Gasteiger partial charge in [0.05, 0.1) is 0 Å². The van der Waals surface area contributed by atoms with E-state index in [4.69, 9.17) is 16.3 Å². The van der Waals surface area contributed by atoms with Gasteiger partial charge in [-0.2, -0.15) is 0 Å². The van der Waals surface area contributed by atoms with Crippen LogP contribution < -0.4 is 4.74 Å². The normalized spacial score (nSPS) is 10.3. The Balaban J connectivity index is 1.93. The van der Waals surface area contributed by atoms with Crippen LogP contribution in [0.15, 0.2) is 48.5 Å². The van der Waals surface area contributed by atoms with E-state index in [1.54, 1.807) is 35.2 Å². The van der Waals surface area contributed by atoms with Crippen molar-refractivity contribution in [2.45, 2.75) is 20.4 Å². The maximum Gasteiger partial charge on any atom is 0.260 e. The van der Waals surface area contributed by atoms with Crippen LogP contribution in [-0.4, -0.2) is 29.7 Å². The van der Waals surface area contributed by atoms with Gasteiger partial charge in [0.1, 0.15) is 5.75 Å². The molecule has 0 fully saturated rings. The van der Waals surface area contributed by atoms with E-state index in [-0.39, 0.29) is 18.3 Å². The predicted octanol–water partition coefficient (Wildman–Crippen LogP) is 3.97. The van der Waals surface area contributed by atoms with Gasteiger partial charge in [-0.1, -0.05) is 23.7 Å². The fourth-order valence-electron chi connectivity index (χ4n) is 2.25. The average Bonchev–Trinajstić information content (AvgIpc) is 2.58. The Morgan fingerprint density at radius 3 is 2.42 bits per heavy atom. The van der Waals surface area contributed by atoms with Crippen LogP contribution in [-0.2, 0) is 11.3 Å². The lowest BCUT2D eigenvalue weighted by Gasteiger charge is -2.21. The number of nitrogens with zero attached hydrogens (tertiary/aromatic N) is 1. The van der Waals surface area contributed by atoms with Gasteiger partial charge in [0.2, 0.25) is 0 Å². The van der Waals surface area contributed by atoms with E-state index < -0.39 is 0 Å². The lowest BCUT2D eigenvalue weighted by atomic mass is 10.1. The largest absolute Gasteiger partial charge is 0.484 e. The van der Waals surface area contributed by atoms with E-state index in [2.05, 4.69) is 0 Å². The van der Waals surface area contributed by atoms with E-state index in [0.717, 1.165) is 5.56 Å². The van der Waals surface area contributed by atoms with Crippen molar-refractivity contribution in [3.63, 3.8) is 0 Å². The lowest BCUT2D eigenvalue weighted by molar-refractivity contribution is -0.133. The second kappa shape index (κ2) is 8.50. The monoisotopic (exact) mass is 345 g/mol. The number of amides is 1. The van der Waals surface area contributed by atoms with E-state index in [1.165, 1.54) is 6.92 Å². The number of ether oxygens (including phenoxy) is 1. The number of Topliss-reactive ketones (excluding diaryl/α,β-unsaturated/α-hetero) is 1. The summed E-state index contributed by atoms with van der Waals surface area (Å²) < 4.78 is 5.52. The summed E-state index contributed by atoms with van der Waals surface area (Å²) in [6, 6.07) is 14.2. The second-order valence-corrected chi connectivity index (χ2v) is 5.84. The number of carbonyl (C=O) groups excluding carboxylic acids is 2. The Hall–Kier alpha value is -2.33. The van der Waals surface area contributed by atoms with Crippen molar-refractivity contribution in [2.24, 2.45) is 0 Å². The van der Waals surface area contributed by atoms with E-state index in [1.807, 2.05) is 25.1 Å². The van der Waals surface area contributed by atoms with Crippen molar-refractivity contribution in [3.8, 4) is 5.75 Å². The van der Waals surface area contributed by atoms with E-state index in [9.17, 15) is 9.59 Å². The third kappa shape index (κ3) is 5.10. The van der Waals surface area contributed by atoms with Crippen LogP contribution in [0.2, 0.25) is 5.02 Å². The molecule has 0 aliphatic heterocycles. The highest BCUT2D eigenvalue weighted by Gasteiger charge is 2.13. The molecule has 0 unspecified atom stereocenters. The molecule has 0 aliphatic rings. The van der Waals surface area contributed by atoms with Crippen molar-refractivity contribution in [1.29, 1.82) is 0 Å². The molecule has 0 radical (unpaired) electrons. The standard InChI is InChI=1S/C19H20ClNO3/c1-3-21(12-15-5-4-6-17(20)11-15)19(23)13-24-18-9-7-16(8-10-18)14(2)22/h4-11H,3,12-13H2,1-2H3. The number of benzene rings is 2. The van der Waals surface area contributed by atoms with Gasteiger partial charge < -0.3 is 9.64 Å². The first-order valence-corrected chi connectivity index (χ1v) is 8.13. The molecule has 0 saturated heterocycles. The highest BCUT2D eigenvalue weighted by atomic mass is 35.5. The molecule has 0 spiro atoms. The zero-order valence-electron chi connectivity index (χ0n) is 13.8. The molecule has 24 heavy (non-hydrogen) atoms. The fourth-order valence-corrected chi connectivity index (χ4v) is 2.47. The molecule has 0 N–H and O–H groups in total. The summed E-state index contributed by atoms with van der Waals surface area (Å²) in [5.41, 5.74) is 1.59. The Bertz CT molecular complexity index is 713. The number of hydrogen-bond donors (Lipinski definition) is 0. The summed E-state index contributed by atoms with van der Waals surface area (Å²) in [5.74, 6) is 0.455. The Labute approximate surface area is 147 Å². The summed E-state index contributed by atoms with van der Waals surface area (Å²) in [4.78, 5) is 25.3. The van der Waals surface area contributed by atoms with Crippen molar-refractivity contribution < 1.29 is 14.3 Å². The third-order valence-corrected chi connectivity index (χ3v) is 3.86. The number of hydrogen-bond acceptors (Lipinski definition) is 3. The molecule has 0 bridgehead atoms. The van der Waals surface area contributed by atoms with Crippen LogP contribution in [0.3, 0.4) is 0 Å². The SMILES string of the molecule is CCN(Cc1cccc(Cl)c1)C(=O)COc1ccc(C(C)=O)cc1. The Kier molecular flexibility index (Phi) is 6.38. The first kappa shape index (κ1) is 18.0. The quantitative estimate of drug-likeness (QED) is 0.713. The molecule has 2 aromatic rings. The van der Waals surface area contributed by atoms with E-state index >= 15 is 0 Å². The van der Waals surface area contributed by atoms with Crippen molar-refractivity contribution in [3.05, 3.63) is 64.7 Å². The molecule has 0 heterocycles. The minimum atomic E-state index is -0.104. The molecule has 0 saturated carbocycles. The zero-order valence-corrected chi connectivity index (χ0v) is 14.5. The first-order chi connectivity index (χ1) is 11.5. The molecule has 2 aromatic carbocycles. The summed E-state index contributed by atoms with van der Waals surface area (Å²) >= 11 is 5.98. The first-order valence-electron chi connectivity index (χ1n) is 7.75. The molecular weight excluding hydrogens is 326 g/mol. The molecule has 5 heteroatoms. The van der Waals surface area contributed by atoms with Gasteiger partial charge in [-0.3, -0.25) is 9.59 Å².